The lowest BCUT2D eigenvalue weighted by Gasteiger charge is -2.06. The van der Waals surface area contributed by atoms with Gasteiger partial charge in [-0.3, -0.25) is 4.79 Å². The van der Waals surface area contributed by atoms with Gasteiger partial charge in [-0.1, -0.05) is 0 Å². The summed E-state index contributed by atoms with van der Waals surface area (Å²) >= 11 is 3.35. The summed E-state index contributed by atoms with van der Waals surface area (Å²) in [5.41, 5.74) is 0.364. The summed E-state index contributed by atoms with van der Waals surface area (Å²) in [4.78, 5) is 11.3. The van der Waals surface area contributed by atoms with Crippen LogP contribution in [0.3, 0.4) is 0 Å². The van der Waals surface area contributed by atoms with Crippen LogP contribution in [-0.4, -0.2) is 20.9 Å². The lowest BCUT2D eigenvalue weighted by atomic mass is 10.0. The average molecular weight is 325 g/mol. The van der Waals surface area contributed by atoms with E-state index in [4.69, 9.17) is 0 Å². The highest BCUT2D eigenvalue weighted by molar-refractivity contribution is 9.10. The van der Waals surface area contributed by atoms with Gasteiger partial charge in [0.25, 0.3) is 0 Å². The van der Waals surface area contributed by atoms with Crippen molar-refractivity contribution < 1.29 is 14.3 Å². The zero-order valence-corrected chi connectivity index (χ0v) is 11.4. The van der Waals surface area contributed by atoms with Crippen LogP contribution in [0.5, 0.6) is 0 Å². The molecule has 0 atom stereocenters. The van der Waals surface area contributed by atoms with Crippen molar-refractivity contribution in [2.75, 3.05) is 0 Å². The van der Waals surface area contributed by atoms with Gasteiger partial charge in [0, 0.05) is 6.20 Å². The Balaban J connectivity index is 2.03. The van der Waals surface area contributed by atoms with Crippen LogP contribution in [0.1, 0.15) is 18.5 Å². The van der Waals surface area contributed by atoms with Crippen molar-refractivity contribution in [1.29, 1.82) is 0 Å². The third kappa shape index (κ3) is 1.96. The van der Waals surface area contributed by atoms with Crippen LogP contribution in [0.25, 0.3) is 5.69 Å². The lowest BCUT2D eigenvalue weighted by molar-refractivity contribution is -0.140. The van der Waals surface area contributed by atoms with Crippen molar-refractivity contribution in [3.63, 3.8) is 0 Å². The molecule has 19 heavy (non-hydrogen) atoms. The van der Waals surface area contributed by atoms with E-state index in [0.717, 1.165) is 0 Å². The van der Waals surface area contributed by atoms with E-state index >= 15 is 0 Å². The number of halogens is 2. The van der Waals surface area contributed by atoms with Crippen LogP contribution in [0.4, 0.5) is 4.39 Å². The number of carbonyl (C=O) groups is 1. The summed E-state index contributed by atoms with van der Waals surface area (Å²) in [6.07, 6.45) is 2.90. The molecule has 1 aromatic carbocycles. The van der Waals surface area contributed by atoms with E-state index < -0.39 is 11.4 Å². The van der Waals surface area contributed by atoms with Crippen LogP contribution >= 0.6 is 15.9 Å². The maximum atomic E-state index is 12.9. The number of rotatable bonds is 3. The molecule has 0 spiro atoms. The Labute approximate surface area is 117 Å². The zero-order valence-electron chi connectivity index (χ0n) is 9.81. The Morgan fingerprint density at radius 1 is 1.37 bits per heavy atom. The average Bonchev–Trinajstić information content (AvgIpc) is 3.09. The summed E-state index contributed by atoms with van der Waals surface area (Å²) in [7, 11) is 0. The molecule has 6 heteroatoms. The van der Waals surface area contributed by atoms with Gasteiger partial charge in [0.05, 0.1) is 15.9 Å². The quantitative estimate of drug-likeness (QED) is 0.944. The Morgan fingerprint density at radius 2 is 2.00 bits per heavy atom. The largest absolute Gasteiger partial charge is 0.481 e. The molecular formula is C13H10BrFN2O2. The van der Waals surface area contributed by atoms with Gasteiger partial charge in [-0.25, -0.2) is 9.07 Å². The molecule has 1 aromatic heterocycles. The Bertz CT molecular complexity index is 647. The van der Waals surface area contributed by atoms with Crippen LogP contribution in [0, 0.1) is 5.82 Å². The van der Waals surface area contributed by atoms with Gasteiger partial charge in [-0.05, 0) is 53.0 Å². The predicted octanol–water partition coefficient (Wildman–Crippen LogP) is 2.89. The standard InChI is InChI=1S/C13H10BrFN2O2/c14-10-7-17(9-3-1-8(15)2-4-9)16-11(10)13(5-6-13)12(18)19/h1-4,7H,5-6H2,(H,18,19). The lowest BCUT2D eigenvalue weighted by Crippen LogP contribution is -2.20. The number of hydrogen-bond donors (Lipinski definition) is 1. The van der Waals surface area contributed by atoms with Crippen molar-refractivity contribution in [3.05, 3.63) is 46.4 Å². The highest BCUT2D eigenvalue weighted by Crippen LogP contribution is 2.50. The molecule has 2 aromatic rings. The topological polar surface area (TPSA) is 55.1 Å². The molecule has 1 aliphatic carbocycles. The van der Waals surface area contributed by atoms with Gasteiger partial charge >= 0.3 is 5.97 Å². The van der Waals surface area contributed by atoms with Gasteiger partial charge in [0.2, 0.25) is 0 Å². The molecule has 1 aliphatic rings. The van der Waals surface area contributed by atoms with Gasteiger partial charge < -0.3 is 5.11 Å². The molecule has 1 saturated carbocycles. The highest BCUT2D eigenvalue weighted by atomic mass is 79.9. The van der Waals surface area contributed by atoms with Crippen LogP contribution in [-0.2, 0) is 10.2 Å². The van der Waals surface area contributed by atoms with Crippen molar-refractivity contribution >= 4 is 21.9 Å². The number of carboxylic acid groups (broad SMARTS) is 1. The highest BCUT2D eigenvalue weighted by Gasteiger charge is 2.54. The molecule has 0 bridgehead atoms. The van der Waals surface area contributed by atoms with Crippen LogP contribution in [0.15, 0.2) is 34.9 Å². The minimum Gasteiger partial charge on any atom is -0.481 e. The molecule has 0 saturated heterocycles. The van der Waals surface area contributed by atoms with Crippen LogP contribution in [0.2, 0.25) is 0 Å². The molecule has 0 aliphatic heterocycles. The Hall–Kier alpha value is -1.69. The first-order valence-electron chi connectivity index (χ1n) is 5.78. The van der Waals surface area contributed by atoms with Gasteiger partial charge in [0.15, 0.2) is 0 Å². The zero-order chi connectivity index (χ0) is 13.6. The minimum absolute atomic E-state index is 0.320. The van der Waals surface area contributed by atoms with E-state index in [9.17, 15) is 14.3 Å². The molecule has 3 rings (SSSR count). The van der Waals surface area contributed by atoms with E-state index in [-0.39, 0.29) is 5.82 Å². The van der Waals surface area contributed by atoms with E-state index in [0.29, 0.717) is 28.7 Å². The summed E-state index contributed by atoms with van der Waals surface area (Å²) in [6.45, 7) is 0. The van der Waals surface area contributed by atoms with Crippen molar-refractivity contribution in [2.24, 2.45) is 0 Å². The summed E-state index contributed by atoms with van der Waals surface area (Å²) in [5.74, 6) is -1.17. The third-order valence-electron chi connectivity index (χ3n) is 3.37. The molecule has 4 nitrogen and oxygen atoms in total. The number of hydrogen-bond acceptors (Lipinski definition) is 2. The Kier molecular flexibility index (Phi) is 2.70. The third-order valence-corrected chi connectivity index (χ3v) is 3.95. The smallest absolute Gasteiger partial charge is 0.315 e. The number of carboxylic acids is 1. The van der Waals surface area contributed by atoms with Gasteiger partial charge in [0.1, 0.15) is 11.2 Å². The molecule has 1 heterocycles. The first-order valence-corrected chi connectivity index (χ1v) is 6.57. The molecular weight excluding hydrogens is 315 g/mol. The molecule has 0 radical (unpaired) electrons. The minimum atomic E-state index is -0.857. The summed E-state index contributed by atoms with van der Waals surface area (Å²) in [5, 5.41) is 13.6. The number of benzene rings is 1. The fourth-order valence-corrected chi connectivity index (χ4v) is 2.73. The molecule has 1 fully saturated rings. The van der Waals surface area contributed by atoms with Gasteiger partial charge in [-0.15, -0.1) is 0 Å². The maximum absolute atomic E-state index is 12.9. The molecule has 1 N–H and O–H groups in total. The fraction of sp³-hybridized carbons (Fsp3) is 0.231. The van der Waals surface area contributed by atoms with Crippen molar-refractivity contribution in [2.45, 2.75) is 18.3 Å². The van der Waals surface area contributed by atoms with E-state index in [2.05, 4.69) is 21.0 Å². The predicted molar refractivity (Wildman–Crippen MR) is 69.8 cm³/mol. The second-order valence-electron chi connectivity index (χ2n) is 4.63. The second kappa shape index (κ2) is 4.16. The van der Waals surface area contributed by atoms with Crippen molar-refractivity contribution in [1.82, 2.24) is 9.78 Å². The first kappa shape index (κ1) is 12.3. The normalized spacial score (nSPS) is 16.3. The molecule has 0 amide bonds. The molecule has 0 unspecified atom stereocenters. The van der Waals surface area contributed by atoms with Crippen molar-refractivity contribution in [3.8, 4) is 5.69 Å². The monoisotopic (exact) mass is 324 g/mol. The Morgan fingerprint density at radius 3 is 2.53 bits per heavy atom. The second-order valence-corrected chi connectivity index (χ2v) is 5.49. The number of aromatic nitrogens is 2. The fourth-order valence-electron chi connectivity index (χ4n) is 2.08. The molecule has 98 valence electrons. The van der Waals surface area contributed by atoms with Crippen LogP contribution < -0.4 is 0 Å². The maximum Gasteiger partial charge on any atom is 0.315 e. The number of nitrogens with zero attached hydrogens (tertiary/aromatic N) is 2. The van der Waals surface area contributed by atoms with Gasteiger partial charge in [-0.2, -0.15) is 5.10 Å². The SMILES string of the molecule is O=C(O)C1(c2nn(-c3ccc(F)cc3)cc2Br)CC1. The number of aliphatic carboxylic acids is 1. The first-order chi connectivity index (χ1) is 9.03. The van der Waals surface area contributed by atoms with E-state index in [1.807, 2.05) is 0 Å². The summed E-state index contributed by atoms with van der Waals surface area (Å²) in [6, 6.07) is 5.88. The van der Waals surface area contributed by atoms with E-state index in [1.54, 1.807) is 23.0 Å². The van der Waals surface area contributed by atoms with E-state index in [1.165, 1.54) is 12.1 Å². The summed E-state index contributed by atoms with van der Waals surface area (Å²) < 4.78 is 15.1.